The van der Waals surface area contributed by atoms with Gasteiger partial charge in [0.15, 0.2) is 5.76 Å². The molecule has 1 aliphatic rings. The number of carboxylic acids is 1. The van der Waals surface area contributed by atoms with Gasteiger partial charge in [0.25, 0.3) is 11.8 Å². The molecule has 3 rings (SSSR count). The molecule has 1 atom stereocenters. The number of likely N-dealkylation sites (tertiary alicyclic amines) is 1. The summed E-state index contributed by atoms with van der Waals surface area (Å²) in [4.78, 5) is 39.8. The number of amides is 2. The number of furan rings is 1. The first-order chi connectivity index (χ1) is 12.3. The van der Waals surface area contributed by atoms with Crippen molar-refractivity contribution in [1.82, 2.24) is 4.90 Å². The van der Waals surface area contributed by atoms with Gasteiger partial charge in [-0.25, -0.2) is 0 Å². The second-order valence-electron chi connectivity index (χ2n) is 6.70. The number of aliphatic carboxylic acids is 1. The number of carbonyl (C=O) groups is 3. The van der Waals surface area contributed by atoms with E-state index in [-0.39, 0.29) is 24.1 Å². The van der Waals surface area contributed by atoms with Crippen LogP contribution in [0.15, 0.2) is 47.1 Å². The Kier molecular flexibility index (Phi) is 4.54. The molecule has 26 heavy (non-hydrogen) atoms. The maximum Gasteiger partial charge on any atom is 0.311 e. The van der Waals surface area contributed by atoms with Gasteiger partial charge in [-0.1, -0.05) is 12.1 Å². The predicted octanol–water partition coefficient (Wildman–Crippen LogP) is 2.49. The van der Waals surface area contributed by atoms with Crippen molar-refractivity contribution in [1.29, 1.82) is 0 Å². The lowest BCUT2D eigenvalue weighted by Crippen LogP contribution is -2.36. The van der Waals surface area contributed by atoms with Crippen molar-refractivity contribution in [3.8, 4) is 0 Å². The van der Waals surface area contributed by atoms with E-state index in [1.54, 1.807) is 50.4 Å². The maximum absolute atomic E-state index is 13.0. The highest BCUT2D eigenvalue weighted by molar-refractivity contribution is 6.09. The van der Waals surface area contributed by atoms with Crippen molar-refractivity contribution < 1.29 is 23.9 Å². The zero-order valence-electron chi connectivity index (χ0n) is 14.6. The molecule has 2 aromatic rings. The zero-order valence-corrected chi connectivity index (χ0v) is 14.6. The molecule has 1 fully saturated rings. The van der Waals surface area contributed by atoms with Crippen molar-refractivity contribution in [3.05, 3.63) is 54.0 Å². The summed E-state index contributed by atoms with van der Waals surface area (Å²) in [6, 6.07) is 9.95. The van der Waals surface area contributed by atoms with E-state index in [2.05, 4.69) is 0 Å². The van der Waals surface area contributed by atoms with Crippen LogP contribution in [0.3, 0.4) is 0 Å². The average molecular weight is 356 g/mol. The van der Waals surface area contributed by atoms with Crippen molar-refractivity contribution in [2.75, 3.05) is 25.0 Å². The summed E-state index contributed by atoms with van der Waals surface area (Å²) in [5.74, 6) is -1.39. The van der Waals surface area contributed by atoms with Crippen LogP contribution < -0.4 is 4.90 Å². The molecule has 0 spiro atoms. The number of carboxylic acid groups (broad SMARTS) is 1. The lowest BCUT2D eigenvalue weighted by atomic mass is 9.90. The third kappa shape index (κ3) is 3.08. The van der Waals surface area contributed by atoms with Crippen LogP contribution >= 0.6 is 0 Å². The van der Waals surface area contributed by atoms with E-state index in [1.165, 1.54) is 16.1 Å². The molecule has 1 unspecified atom stereocenters. The molecule has 0 aliphatic carbocycles. The SMILES string of the molecule is CN(C(=O)c1ccco1)c1ccccc1C(=O)N1CCC(C)(C(=O)O)C1. The third-order valence-electron chi connectivity index (χ3n) is 4.81. The average Bonchev–Trinajstić information content (AvgIpc) is 3.30. The smallest absolute Gasteiger partial charge is 0.311 e. The number of hydrogen-bond acceptors (Lipinski definition) is 4. The summed E-state index contributed by atoms with van der Waals surface area (Å²) in [6.07, 6.45) is 1.81. The second-order valence-corrected chi connectivity index (χ2v) is 6.70. The molecule has 0 saturated carbocycles. The Morgan fingerprint density at radius 2 is 1.92 bits per heavy atom. The van der Waals surface area contributed by atoms with Crippen LogP contribution in [0.2, 0.25) is 0 Å². The highest BCUT2D eigenvalue weighted by atomic mass is 16.4. The van der Waals surface area contributed by atoms with Gasteiger partial charge in [0, 0.05) is 20.1 Å². The Labute approximate surface area is 150 Å². The first kappa shape index (κ1) is 17.7. The standard InChI is InChI=1S/C19H20N2O5/c1-19(18(24)25)9-10-21(12-19)16(22)13-6-3-4-7-14(13)20(2)17(23)15-8-5-11-26-15/h3-8,11H,9-10,12H2,1-2H3,(H,24,25). The number of nitrogens with zero attached hydrogens (tertiary/aromatic N) is 2. The molecule has 7 nitrogen and oxygen atoms in total. The molecule has 2 amide bonds. The maximum atomic E-state index is 13.0. The Morgan fingerprint density at radius 3 is 2.54 bits per heavy atom. The van der Waals surface area contributed by atoms with Gasteiger partial charge < -0.3 is 19.3 Å². The monoisotopic (exact) mass is 356 g/mol. The molecule has 2 heterocycles. The topological polar surface area (TPSA) is 91.1 Å². The summed E-state index contributed by atoms with van der Waals surface area (Å²) < 4.78 is 5.14. The van der Waals surface area contributed by atoms with Crippen LogP contribution in [0.25, 0.3) is 0 Å². The minimum absolute atomic E-state index is 0.144. The van der Waals surface area contributed by atoms with Crippen molar-refractivity contribution in [3.63, 3.8) is 0 Å². The van der Waals surface area contributed by atoms with E-state index in [1.807, 2.05) is 0 Å². The number of anilines is 1. The van der Waals surface area contributed by atoms with Crippen LogP contribution in [-0.4, -0.2) is 47.9 Å². The fourth-order valence-electron chi connectivity index (χ4n) is 3.10. The van der Waals surface area contributed by atoms with Crippen LogP contribution in [0, 0.1) is 5.41 Å². The lowest BCUT2D eigenvalue weighted by Gasteiger charge is -2.24. The molecule has 0 radical (unpaired) electrons. The first-order valence-electron chi connectivity index (χ1n) is 8.27. The van der Waals surface area contributed by atoms with Gasteiger partial charge in [-0.15, -0.1) is 0 Å². The molecule has 1 N–H and O–H groups in total. The normalized spacial score (nSPS) is 19.4. The predicted molar refractivity (Wildman–Crippen MR) is 94.1 cm³/mol. The molecule has 0 bridgehead atoms. The van der Waals surface area contributed by atoms with E-state index in [0.717, 1.165) is 0 Å². The fraction of sp³-hybridized carbons (Fsp3) is 0.316. The minimum atomic E-state index is -0.944. The van der Waals surface area contributed by atoms with Gasteiger partial charge in [-0.2, -0.15) is 0 Å². The molecule has 1 saturated heterocycles. The van der Waals surface area contributed by atoms with E-state index in [4.69, 9.17) is 4.42 Å². The highest BCUT2D eigenvalue weighted by Gasteiger charge is 2.42. The minimum Gasteiger partial charge on any atom is -0.481 e. The van der Waals surface area contributed by atoms with Gasteiger partial charge in [0.1, 0.15) is 0 Å². The molecule has 1 aromatic heterocycles. The number of carbonyl (C=O) groups excluding carboxylic acids is 2. The number of para-hydroxylation sites is 1. The van der Waals surface area contributed by atoms with Crippen LogP contribution in [0.1, 0.15) is 34.3 Å². The summed E-state index contributed by atoms with van der Waals surface area (Å²) >= 11 is 0. The van der Waals surface area contributed by atoms with Gasteiger partial charge in [0.2, 0.25) is 0 Å². The number of rotatable bonds is 4. The summed E-state index contributed by atoms with van der Waals surface area (Å²) in [7, 11) is 1.57. The molecular formula is C19H20N2O5. The van der Waals surface area contributed by atoms with Gasteiger partial charge in [-0.05, 0) is 37.6 Å². The quantitative estimate of drug-likeness (QED) is 0.909. The molecule has 1 aromatic carbocycles. The Bertz CT molecular complexity index is 845. The van der Waals surface area contributed by atoms with Crippen LogP contribution in [-0.2, 0) is 4.79 Å². The Morgan fingerprint density at radius 1 is 1.19 bits per heavy atom. The summed E-state index contributed by atoms with van der Waals surface area (Å²) in [5.41, 5.74) is -0.145. The van der Waals surface area contributed by atoms with Crippen molar-refractivity contribution in [2.45, 2.75) is 13.3 Å². The van der Waals surface area contributed by atoms with E-state index in [0.29, 0.717) is 24.2 Å². The molecule has 136 valence electrons. The Balaban J connectivity index is 1.87. The summed E-state index contributed by atoms with van der Waals surface area (Å²) in [6.45, 7) is 2.15. The van der Waals surface area contributed by atoms with E-state index in [9.17, 15) is 19.5 Å². The molecular weight excluding hydrogens is 336 g/mol. The fourth-order valence-corrected chi connectivity index (χ4v) is 3.10. The van der Waals surface area contributed by atoms with Crippen LogP contribution in [0.4, 0.5) is 5.69 Å². The van der Waals surface area contributed by atoms with Gasteiger partial charge >= 0.3 is 5.97 Å². The Hall–Kier alpha value is -3.09. The first-order valence-corrected chi connectivity index (χ1v) is 8.27. The van der Waals surface area contributed by atoms with Gasteiger partial charge in [0.05, 0.1) is 22.9 Å². The van der Waals surface area contributed by atoms with Gasteiger partial charge in [-0.3, -0.25) is 14.4 Å². The van der Waals surface area contributed by atoms with E-state index < -0.39 is 11.4 Å². The molecule has 7 heteroatoms. The summed E-state index contributed by atoms with van der Waals surface area (Å²) in [5, 5.41) is 9.36. The largest absolute Gasteiger partial charge is 0.481 e. The number of hydrogen-bond donors (Lipinski definition) is 1. The zero-order chi connectivity index (χ0) is 18.9. The third-order valence-corrected chi connectivity index (χ3v) is 4.81. The van der Waals surface area contributed by atoms with Crippen molar-refractivity contribution in [2.24, 2.45) is 5.41 Å². The van der Waals surface area contributed by atoms with Crippen LogP contribution in [0.5, 0.6) is 0 Å². The lowest BCUT2D eigenvalue weighted by molar-refractivity contribution is -0.147. The second kappa shape index (κ2) is 6.67. The highest BCUT2D eigenvalue weighted by Crippen LogP contribution is 2.32. The van der Waals surface area contributed by atoms with E-state index >= 15 is 0 Å². The molecule has 1 aliphatic heterocycles. The van der Waals surface area contributed by atoms with Crippen molar-refractivity contribution >= 4 is 23.5 Å². The number of benzene rings is 1.